The highest BCUT2D eigenvalue weighted by atomic mass is 79.9. The van der Waals surface area contributed by atoms with Crippen molar-refractivity contribution in [3.05, 3.63) is 0 Å². The Morgan fingerprint density at radius 1 is 1.69 bits per heavy atom. The van der Waals surface area contributed by atoms with Gasteiger partial charge in [0.2, 0.25) is 0 Å². The first-order valence-corrected chi connectivity index (χ1v) is 5.29. The lowest BCUT2D eigenvalue weighted by Gasteiger charge is -2.61. The minimum atomic E-state index is -0.223. The lowest BCUT2D eigenvalue weighted by molar-refractivity contribution is -0.0970. The van der Waals surface area contributed by atoms with Gasteiger partial charge in [-0.1, -0.05) is 15.9 Å². The van der Waals surface area contributed by atoms with E-state index in [0.29, 0.717) is 29.5 Å². The van der Waals surface area contributed by atoms with E-state index in [9.17, 15) is 4.79 Å². The summed E-state index contributed by atoms with van der Waals surface area (Å²) in [5.41, 5.74) is 0. The average molecular weight is 248 g/mol. The molecule has 0 aromatic heterocycles. The topological polar surface area (TPSA) is 38.8 Å². The number of hydrogen-bond acceptors (Lipinski definition) is 3. The zero-order valence-electron chi connectivity index (χ0n) is 7.14. The Bertz CT molecular complexity index is 272. The summed E-state index contributed by atoms with van der Waals surface area (Å²) in [6.07, 6.45) is 0.107. The maximum Gasteiger partial charge on any atom is 0.410 e. The maximum absolute atomic E-state index is 11.3. The molecule has 3 rings (SSSR count). The van der Waals surface area contributed by atoms with Gasteiger partial charge in [0.1, 0.15) is 0 Å². The van der Waals surface area contributed by atoms with E-state index in [1.54, 1.807) is 4.90 Å². The van der Waals surface area contributed by atoms with Crippen LogP contribution >= 0.6 is 15.9 Å². The molecule has 0 unspecified atom stereocenters. The SMILES string of the molecule is COC(=O)N1[C@H]2[C@H](Br)[C@H]3OC[C@@H]1[C@H]32. The predicted octanol–water partition coefficient (Wildman–Crippen LogP) is 0.598. The molecule has 2 aliphatic heterocycles. The standard InChI is InChI=1S/C8H10BrNO3/c1-12-8(11)10-3-2-13-7-4(3)6(10)5(7)9/h3-7H,2H2,1H3/t3-,4+,5+,6-,7+/m1/s1. The van der Waals surface area contributed by atoms with E-state index in [1.165, 1.54) is 7.11 Å². The van der Waals surface area contributed by atoms with Gasteiger partial charge < -0.3 is 9.47 Å². The van der Waals surface area contributed by atoms with Crippen molar-refractivity contribution in [3.63, 3.8) is 0 Å². The van der Waals surface area contributed by atoms with Crippen molar-refractivity contribution in [2.24, 2.45) is 5.92 Å². The Hall–Kier alpha value is -0.290. The van der Waals surface area contributed by atoms with Gasteiger partial charge in [-0.2, -0.15) is 0 Å². The minimum absolute atomic E-state index is 0.223. The molecule has 1 amide bonds. The second-order valence-electron chi connectivity index (χ2n) is 3.75. The first kappa shape index (κ1) is 8.05. The van der Waals surface area contributed by atoms with Crippen molar-refractivity contribution in [1.29, 1.82) is 0 Å². The molecule has 0 aromatic carbocycles. The van der Waals surface area contributed by atoms with E-state index in [2.05, 4.69) is 15.9 Å². The average Bonchev–Trinajstić information content (AvgIpc) is 2.31. The molecular weight excluding hydrogens is 238 g/mol. The van der Waals surface area contributed by atoms with Gasteiger partial charge in [-0.05, 0) is 0 Å². The molecule has 13 heavy (non-hydrogen) atoms. The molecule has 0 spiro atoms. The molecule has 1 aliphatic carbocycles. The lowest BCUT2D eigenvalue weighted by atomic mass is 9.65. The van der Waals surface area contributed by atoms with Crippen LogP contribution in [0, 0.1) is 5.92 Å². The molecule has 0 radical (unpaired) electrons. The van der Waals surface area contributed by atoms with E-state index in [-0.39, 0.29) is 12.1 Å². The molecular formula is C8H10BrNO3. The Morgan fingerprint density at radius 2 is 2.46 bits per heavy atom. The Labute approximate surface area is 84.3 Å². The third-order valence-electron chi connectivity index (χ3n) is 3.38. The van der Waals surface area contributed by atoms with Gasteiger partial charge in [0.15, 0.2) is 0 Å². The van der Waals surface area contributed by atoms with Gasteiger partial charge in [0, 0.05) is 5.92 Å². The van der Waals surface area contributed by atoms with Gasteiger partial charge in [-0.25, -0.2) is 4.79 Å². The normalized spacial score (nSPS) is 50.6. The molecule has 5 heteroatoms. The van der Waals surface area contributed by atoms with Gasteiger partial charge in [0.05, 0.1) is 36.7 Å². The third kappa shape index (κ3) is 0.737. The van der Waals surface area contributed by atoms with E-state index >= 15 is 0 Å². The Morgan fingerprint density at radius 3 is 3.15 bits per heavy atom. The highest BCUT2D eigenvalue weighted by Crippen LogP contribution is 2.55. The highest BCUT2D eigenvalue weighted by Gasteiger charge is 2.70. The van der Waals surface area contributed by atoms with Gasteiger partial charge in [0.25, 0.3) is 0 Å². The molecule has 2 saturated heterocycles. The number of hydrogen-bond donors (Lipinski definition) is 0. The fourth-order valence-corrected chi connectivity index (χ4v) is 3.84. The van der Waals surface area contributed by atoms with Crippen molar-refractivity contribution in [3.8, 4) is 0 Å². The van der Waals surface area contributed by atoms with Crippen molar-refractivity contribution in [2.45, 2.75) is 23.0 Å². The number of nitrogens with zero attached hydrogens (tertiary/aromatic N) is 1. The van der Waals surface area contributed by atoms with Crippen LogP contribution in [0.25, 0.3) is 0 Å². The number of likely N-dealkylation sites (tertiary alicyclic amines) is 1. The number of halogens is 1. The Kier molecular flexibility index (Phi) is 1.48. The van der Waals surface area contributed by atoms with Crippen molar-refractivity contribution in [1.82, 2.24) is 4.90 Å². The maximum atomic E-state index is 11.3. The fraction of sp³-hybridized carbons (Fsp3) is 0.875. The van der Waals surface area contributed by atoms with Crippen LogP contribution in [0.5, 0.6) is 0 Å². The minimum Gasteiger partial charge on any atom is -0.453 e. The zero-order valence-corrected chi connectivity index (χ0v) is 8.73. The summed E-state index contributed by atoms with van der Waals surface area (Å²) < 4.78 is 10.3. The number of amides is 1. The van der Waals surface area contributed by atoms with Crippen LogP contribution in [-0.2, 0) is 9.47 Å². The van der Waals surface area contributed by atoms with Crippen LogP contribution in [0.1, 0.15) is 0 Å². The van der Waals surface area contributed by atoms with Crippen LogP contribution in [0.2, 0.25) is 0 Å². The van der Waals surface area contributed by atoms with Crippen molar-refractivity contribution >= 4 is 22.0 Å². The second-order valence-corrected chi connectivity index (χ2v) is 4.81. The smallest absolute Gasteiger partial charge is 0.410 e. The number of alkyl halides is 1. The quantitative estimate of drug-likeness (QED) is 0.589. The second kappa shape index (κ2) is 2.39. The molecule has 0 aromatic rings. The number of carbonyl (C=O) groups excluding carboxylic acids is 1. The summed E-state index contributed by atoms with van der Waals surface area (Å²) in [6.45, 7) is 0.670. The fourth-order valence-electron chi connectivity index (χ4n) is 2.72. The summed E-state index contributed by atoms with van der Waals surface area (Å²) in [5, 5.41) is 0. The molecule has 0 bridgehead atoms. The predicted molar refractivity (Wildman–Crippen MR) is 47.8 cm³/mol. The van der Waals surface area contributed by atoms with Crippen LogP contribution in [0.15, 0.2) is 0 Å². The van der Waals surface area contributed by atoms with Gasteiger partial charge >= 0.3 is 6.09 Å². The lowest BCUT2D eigenvalue weighted by Crippen LogP contribution is -2.78. The third-order valence-corrected chi connectivity index (χ3v) is 4.44. The number of piperidine rings is 1. The monoisotopic (exact) mass is 247 g/mol. The summed E-state index contributed by atoms with van der Waals surface area (Å²) in [7, 11) is 1.42. The molecule has 4 nitrogen and oxygen atoms in total. The molecule has 3 aliphatic rings. The van der Waals surface area contributed by atoms with Crippen LogP contribution in [0.4, 0.5) is 4.79 Å². The van der Waals surface area contributed by atoms with E-state index in [4.69, 9.17) is 9.47 Å². The molecule has 72 valence electrons. The van der Waals surface area contributed by atoms with Crippen LogP contribution < -0.4 is 0 Å². The van der Waals surface area contributed by atoms with Crippen LogP contribution in [-0.4, -0.2) is 47.7 Å². The number of ether oxygens (including phenoxy) is 2. The van der Waals surface area contributed by atoms with Crippen LogP contribution in [0.3, 0.4) is 0 Å². The molecule has 0 N–H and O–H groups in total. The molecule has 1 saturated carbocycles. The van der Waals surface area contributed by atoms with E-state index < -0.39 is 0 Å². The molecule has 2 heterocycles. The summed E-state index contributed by atoms with van der Waals surface area (Å²) in [6, 6.07) is 0.584. The van der Waals surface area contributed by atoms with Crippen molar-refractivity contribution in [2.75, 3.05) is 13.7 Å². The van der Waals surface area contributed by atoms with E-state index in [1.807, 2.05) is 0 Å². The number of methoxy groups -OCH3 is 1. The first-order valence-electron chi connectivity index (χ1n) is 4.37. The zero-order chi connectivity index (χ0) is 9.16. The molecule has 5 atom stereocenters. The highest BCUT2D eigenvalue weighted by molar-refractivity contribution is 9.09. The largest absolute Gasteiger partial charge is 0.453 e. The first-order chi connectivity index (χ1) is 6.25. The van der Waals surface area contributed by atoms with E-state index in [0.717, 1.165) is 0 Å². The number of rotatable bonds is 0. The molecule has 3 fully saturated rings. The van der Waals surface area contributed by atoms with Gasteiger partial charge in [-0.15, -0.1) is 0 Å². The Balaban J connectivity index is 1.82. The number of carbonyl (C=O) groups is 1. The summed E-state index contributed by atoms with van der Waals surface area (Å²) in [4.78, 5) is 13.4. The van der Waals surface area contributed by atoms with Gasteiger partial charge in [-0.3, -0.25) is 4.90 Å². The summed E-state index contributed by atoms with van der Waals surface area (Å²) in [5.74, 6) is 0.559. The summed E-state index contributed by atoms with van der Waals surface area (Å²) >= 11 is 3.53. The van der Waals surface area contributed by atoms with Crippen molar-refractivity contribution < 1.29 is 14.3 Å².